The van der Waals surface area contributed by atoms with Gasteiger partial charge < -0.3 is 10.1 Å². The van der Waals surface area contributed by atoms with Crippen LogP contribution < -0.4 is 5.32 Å². The molecular weight excluding hydrogens is 280 g/mol. The Hall–Kier alpha value is -1.92. The maximum atomic E-state index is 11.1. The van der Waals surface area contributed by atoms with Crippen LogP contribution in [0.3, 0.4) is 0 Å². The molecule has 1 heterocycles. The minimum atomic E-state index is -0.124. The van der Waals surface area contributed by atoms with Crippen molar-refractivity contribution < 1.29 is 9.53 Å². The summed E-state index contributed by atoms with van der Waals surface area (Å²) in [5.41, 5.74) is 1.52. The normalized spacial score (nSPS) is 10.6. The van der Waals surface area contributed by atoms with Gasteiger partial charge in [0, 0.05) is 19.7 Å². The van der Waals surface area contributed by atoms with E-state index in [1.165, 1.54) is 6.92 Å². The summed E-state index contributed by atoms with van der Waals surface area (Å²) in [6.45, 7) is 1.79. The fourth-order valence-corrected chi connectivity index (χ4v) is 2.06. The Bertz CT molecular complexity index is 612. The minimum absolute atomic E-state index is 0.124. The minimum Gasteiger partial charge on any atom is -0.377 e. The molecular formula is C13H15ClN4O2. The lowest BCUT2D eigenvalue weighted by molar-refractivity contribution is -0.114. The second-order valence-corrected chi connectivity index (χ2v) is 4.43. The van der Waals surface area contributed by atoms with E-state index in [4.69, 9.17) is 16.3 Å². The van der Waals surface area contributed by atoms with Crippen molar-refractivity contribution in [1.82, 2.24) is 14.8 Å². The molecule has 2 rings (SSSR count). The summed E-state index contributed by atoms with van der Waals surface area (Å²) >= 11 is 5.89. The number of halogens is 1. The van der Waals surface area contributed by atoms with Crippen LogP contribution in [0.5, 0.6) is 0 Å². The van der Waals surface area contributed by atoms with Crippen molar-refractivity contribution in [3.8, 4) is 5.69 Å². The highest BCUT2D eigenvalue weighted by Crippen LogP contribution is 2.19. The van der Waals surface area contributed by atoms with E-state index in [2.05, 4.69) is 15.5 Å². The number of hydrogen-bond acceptors (Lipinski definition) is 4. The molecule has 2 aromatic rings. The quantitative estimate of drug-likeness (QED) is 0.858. The molecule has 0 atom stereocenters. The zero-order chi connectivity index (χ0) is 14.5. The van der Waals surface area contributed by atoms with Gasteiger partial charge in [-0.3, -0.25) is 9.36 Å². The number of carbonyl (C=O) groups is 1. The number of nitrogens with zero attached hydrogens (tertiary/aromatic N) is 3. The summed E-state index contributed by atoms with van der Waals surface area (Å²) in [5.74, 6) is 1.39. The van der Waals surface area contributed by atoms with Crippen LogP contribution in [0, 0.1) is 0 Å². The molecule has 106 valence electrons. The number of carbonyl (C=O) groups excluding carboxylic acids is 1. The number of benzene rings is 1. The van der Waals surface area contributed by atoms with Gasteiger partial charge in [0.15, 0.2) is 11.6 Å². The van der Waals surface area contributed by atoms with E-state index in [0.717, 1.165) is 5.69 Å². The zero-order valence-electron chi connectivity index (χ0n) is 11.3. The summed E-state index contributed by atoms with van der Waals surface area (Å²) in [7, 11) is 1.59. The first-order valence-corrected chi connectivity index (χ1v) is 6.55. The molecule has 0 radical (unpaired) electrons. The SMILES string of the molecule is COCc1nnc(CCl)n1-c1cccc(NC(C)=O)c1. The molecule has 0 fully saturated rings. The van der Waals surface area contributed by atoms with Gasteiger partial charge in [-0.15, -0.1) is 21.8 Å². The second kappa shape index (κ2) is 6.49. The van der Waals surface area contributed by atoms with Crippen LogP contribution in [0.15, 0.2) is 24.3 Å². The van der Waals surface area contributed by atoms with Gasteiger partial charge in [-0.25, -0.2) is 0 Å². The van der Waals surface area contributed by atoms with E-state index < -0.39 is 0 Å². The van der Waals surface area contributed by atoms with E-state index in [-0.39, 0.29) is 11.8 Å². The number of hydrogen-bond donors (Lipinski definition) is 1. The number of anilines is 1. The third-order valence-electron chi connectivity index (χ3n) is 2.61. The molecule has 0 aliphatic carbocycles. The van der Waals surface area contributed by atoms with Gasteiger partial charge in [0.1, 0.15) is 6.61 Å². The van der Waals surface area contributed by atoms with Crippen molar-refractivity contribution in [3.63, 3.8) is 0 Å². The third kappa shape index (κ3) is 3.15. The Labute approximate surface area is 121 Å². The van der Waals surface area contributed by atoms with Crippen LogP contribution in [0.1, 0.15) is 18.6 Å². The van der Waals surface area contributed by atoms with Crippen LogP contribution in [-0.2, 0) is 22.0 Å². The number of rotatable bonds is 5. The molecule has 0 bridgehead atoms. The van der Waals surface area contributed by atoms with Gasteiger partial charge in [0.05, 0.1) is 11.6 Å². The van der Waals surface area contributed by atoms with Crippen molar-refractivity contribution in [2.75, 3.05) is 12.4 Å². The molecule has 1 amide bonds. The first kappa shape index (κ1) is 14.5. The predicted molar refractivity (Wildman–Crippen MR) is 75.9 cm³/mol. The predicted octanol–water partition coefficient (Wildman–Crippen LogP) is 2.11. The van der Waals surface area contributed by atoms with E-state index in [0.29, 0.717) is 23.9 Å². The fourth-order valence-electron chi connectivity index (χ4n) is 1.89. The Morgan fingerprint density at radius 3 is 2.80 bits per heavy atom. The molecule has 0 aliphatic rings. The fraction of sp³-hybridized carbons (Fsp3) is 0.308. The average molecular weight is 295 g/mol. The van der Waals surface area contributed by atoms with E-state index in [1.54, 1.807) is 7.11 Å². The van der Waals surface area contributed by atoms with Crippen LogP contribution in [0.2, 0.25) is 0 Å². The molecule has 6 nitrogen and oxygen atoms in total. The lowest BCUT2D eigenvalue weighted by Gasteiger charge is -2.10. The van der Waals surface area contributed by atoms with Crippen molar-refractivity contribution in [2.24, 2.45) is 0 Å². The standard InChI is InChI=1S/C13H15ClN4O2/c1-9(19)15-10-4-3-5-11(6-10)18-12(7-14)16-17-13(18)8-20-2/h3-6H,7-8H2,1-2H3,(H,15,19). The monoisotopic (exact) mass is 294 g/mol. The topological polar surface area (TPSA) is 69.0 Å². The van der Waals surface area contributed by atoms with Crippen LogP contribution >= 0.6 is 11.6 Å². The maximum Gasteiger partial charge on any atom is 0.221 e. The van der Waals surface area contributed by atoms with E-state index in [9.17, 15) is 4.79 Å². The largest absolute Gasteiger partial charge is 0.377 e. The summed E-state index contributed by atoms with van der Waals surface area (Å²) in [5, 5.41) is 10.8. The van der Waals surface area contributed by atoms with Gasteiger partial charge in [-0.1, -0.05) is 6.07 Å². The van der Waals surface area contributed by atoms with Gasteiger partial charge >= 0.3 is 0 Å². The van der Waals surface area contributed by atoms with E-state index in [1.807, 2.05) is 28.8 Å². The molecule has 0 unspecified atom stereocenters. The molecule has 1 aromatic carbocycles. The molecule has 20 heavy (non-hydrogen) atoms. The lowest BCUT2D eigenvalue weighted by Crippen LogP contribution is -2.08. The molecule has 0 saturated carbocycles. The molecule has 0 spiro atoms. The van der Waals surface area contributed by atoms with Crippen molar-refractivity contribution in [3.05, 3.63) is 35.9 Å². The Morgan fingerprint density at radius 1 is 1.40 bits per heavy atom. The first-order chi connectivity index (χ1) is 9.65. The number of alkyl halides is 1. The highest BCUT2D eigenvalue weighted by atomic mass is 35.5. The maximum absolute atomic E-state index is 11.1. The number of ether oxygens (including phenoxy) is 1. The summed E-state index contributed by atoms with van der Waals surface area (Å²) < 4.78 is 6.93. The molecule has 0 aliphatic heterocycles. The van der Waals surface area contributed by atoms with Crippen molar-refractivity contribution in [2.45, 2.75) is 19.4 Å². The van der Waals surface area contributed by atoms with Crippen LogP contribution in [-0.4, -0.2) is 27.8 Å². The number of methoxy groups -OCH3 is 1. The van der Waals surface area contributed by atoms with E-state index >= 15 is 0 Å². The lowest BCUT2D eigenvalue weighted by atomic mass is 10.2. The van der Waals surface area contributed by atoms with Crippen LogP contribution in [0.25, 0.3) is 5.69 Å². The number of amides is 1. The molecule has 7 heteroatoms. The second-order valence-electron chi connectivity index (χ2n) is 4.17. The van der Waals surface area contributed by atoms with Gasteiger partial charge in [-0.05, 0) is 18.2 Å². The summed E-state index contributed by atoms with van der Waals surface area (Å²) in [6, 6.07) is 7.38. The Balaban J connectivity index is 2.44. The van der Waals surface area contributed by atoms with Gasteiger partial charge in [-0.2, -0.15) is 0 Å². The Kier molecular flexibility index (Phi) is 4.70. The van der Waals surface area contributed by atoms with Crippen molar-refractivity contribution >= 4 is 23.2 Å². The number of nitrogens with one attached hydrogen (secondary N) is 1. The van der Waals surface area contributed by atoms with Crippen molar-refractivity contribution in [1.29, 1.82) is 0 Å². The molecule has 1 aromatic heterocycles. The van der Waals surface area contributed by atoms with Gasteiger partial charge in [0.2, 0.25) is 5.91 Å². The third-order valence-corrected chi connectivity index (χ3v) is 2.85. The molecule has 1 N–H and O–H groups in total. The first-order valence-electron chi connectivity index (χ1n) is 6.01. The van der Waals surface area contributed by atoms with Crippen LogP contribution in [0.4, 0.5) is 5.69 Å². The summed E-state index contributed by atoms with van der Waals surface area (Å²) in [6.07, 6.45) is 0. The zero-order valence-corrected chi connectivity index (χ0v) is 12.0. The Morgan fingerprint density at radius 2 is 2.15 bits per heavy atom. The molecule has 0 saturated heterocycles. The highest BCUT2D eigenvalue weighted by molar-refractivity contribution is 6.16. The van der Waals surface area contributed by atoms with Gasteiger partial charge in [0.25, 0.3) is 0 Å². The number of aromatic nitrogens is 3. The average Bonchev–Trinajstić information content (AvgIpc) is 2.81. The summed E-state index contributed by atoms with van der Waals surface area (Å²) in [4.78, 5) is 11.1. The smallest absolute Gasteiger partial charge is 0.221 e. The highest BCUT2D eigenvalue weighted by Gasteiger charge is 2.13.